The van der Waals surface area contributed by atoms with Gasteiger partial charge in [-0.1, -0.05) is 31.2 Å². The van der Waals surface area contributed by atoms with Gasteiger partial charge in [0, 0.05) is 12.5 Å². The van der Waals surface area contributed by atoms with Crippen molar-refractivity contribution in [3.63, 3.8) is 0 Å². The van der Waals surface area contributed by atoms with Gasteiger partial charge in [0.05, 0.1) is 0 Å². The van der Waals surface area contributed by atoms with Gasteiger partial charge in [-0.3, -0.25) is 4.79 Å². The first-order valence-electron chi connectivity index (χ1n) is 5.48. The van der Waals surface area contributed by atoms with E-state index in [1.165, 1.54) is 12.5 Å². The van der Waals surface area contributed by atoms with Crippen LogP contribution in [0.4, 0.5) is 6.01 Å². The van der Waals surface area contributed by atoms with Crippen LogP contribution in [0.5, 0.6) is 0 Å². The molecule has 1 aromatic carbocycles. The third-order valence-electron chi connectivity index (χ3n) is 2.60. The van der Waals surface area contributed by atoms with Gasteiger partial charge in [-0.15, -0.1) is 0 Å². The maximum absolute atomic E-state index is 11.4. The van der Waals surface area contributed by atoms with E-state index in [0.29, 0.717) is 5.69 Å². The number of carbonyl (C=O) groups excluding carboxylic acids is 1. The van der Waals surface area contributed by atoms with Crippen LogP contribution in [0.3, 0.4) is 0 Å². The van der Waals surface area contributed by atoms with E-state index >= 15 is 0 Å². The Balaban J connectivity index is 2.48. The zero-order chi connectivity index (χ0) is 12.4. The molecule has 4 heteroatoms. The Labute approximate surface area is 99.5 Å². The number of nitrogens with two attached hydrogens (primary N) is 1. The Kier molecular flexibility index (Phi) is 2.95. The molecule has 4 nitrogen and oxygen atoms in total. The lowest BCUT2D eigenvalue weighted by Crippen LogP contribution is -1.93. The molecule has 17 heavy (non-hydrogen) atoms. The number of aryl methyl sites for hydroxylation is 1. The number of hydrogen-bond donors (Lipinski definition) is 1. The van der Waals surface area contributed by atoms with Crippen LogP contribution in [0.1, 0.15) is 30.0 Å². The van der Waals surface area contributed by atoms with Crippen molar-refractivity contribution < 1.29 is 9.21 Å². The lowest BCUT2D eigenvalue weighted by atomic mass is 10.1. The Morgan fingerprint density at radius 3 is 2.53 bits per heavy atom. The Morgan fingerprint density at radius 1 is 1.35 bits per heavy atom. The van der Waals surface area contributed by atoms with Crippen molar-refractivity contribution in [1.29, 1.82) is 0 Å². The summed E-state index contributed by atoms with van der Waals surface area (Å²) < 4.78 is 5.10. The number of rotatable bonds is 3. The molecule has 2 rings (SSSR count). The molecule has 0 saturated carbocycles. The van der Waals surface area contributed by atoms with E-state index in [1.807, 2.05) is 24.3 Å². The highest BCUT2D eigenvalue weighted by Gasteiger charge is 2.17. The van der Waals surface area contributed by atoms with Crippen LogP contribution in [0, 0.1) is 0 Å². The van der Waals surface area contributed by atoms with Gasteiger partial charge in [0.2, 0.25) is 0 Å². The second-order valence-corrected chi connectivity index (χ2v) is 3.84. The second kappa shape index (κ2) is 4.41. The Hall–Kier alpha value is -2.10. The zero-order valence-electron chi connectivity index (χ0n) is 9.86. The van der Waals surface area contributed by atoms with Crippen molar-refractivity contribution in [3.05, 3.63) is 35.6 Å². The molecule has 0 spiro atoms. The van der Waals surface area contributed by atoms with E-state index < -0.39 is 0 Å². The molecule has 0 aliphatic carbocycles. The van der Waals surface area contributed by atoms with Gasteiger partial charge >= 0.3 is 0 Å². The van der Waals surface area contributed by atoms with Gasteiger partial charge in [0.1, 0.15) is 5.69 Å². The summed E-state index contributed by atoms with van der Waals surface area (Å²) in [6, 6.07) is 7.86. The highest BCUT2D eigenvalue weighted by Crippen LogP contribution is 2.25. The summed E-state index contributed by atoms with van der Waals surface area (Å²) in [5, 5.41) is 0. The highest BCUT2D eigenvalue weighted by atomic mass is 16.4. The van der Waals surface area contributed by atoms with Crippen molar-refractivity contribution >= 4 is 11.8 Å². The summed E-state index contributed by atoms with van der Waals surface area (Å²) in [4.78, 5) is 15.4. The van der Waals surface area contributed by atoms with Crippen molar-refractivity contribution in [1.82, 2.24) is 4.98 Å². The molecular weight excluding hydrogens is 216 g/mol. The average molecular weight is 230 g/mol. The lowest BCUT2D eigenvalue weighted by Gasteiger charge is -2.00. The normalized spacial score (nSPS) is 10.5. The second-order valence-electron chi connectivity index (χ2n) is 3.84. The molecule has 0 aliphatic rings. The molecule has 0 radical (unpaired) electrons. The number of oxazole rings is 1. The highest BCUT2D eigenvalue weighted by molar-refractivity contribution is 5.97. The van der Waals surface area contributed by atoms with Crippen molar-refractivity contribution in [2.45, 2.75) is 20.3 Å². The number of hydrogen-bond acceptors (Lipinski definition) is 4. The Morgan fingerprint density at radius 2 is 2.00 bits per heavy atom. The fourth-order valence-corrected chi connectivity index (χ4v) is 1.67. The number of anilines is 1. The van der Waals surface area contributed by atoms with Crippen LogP contribution in [-0.4, -0.2) is 10.8 Å². The van der Waals surface area contributed by atoms with Gasteiger partial charge in [0.15, 0.2) is 11.5 Å². The largest absolute Gasteiger partial charge is 0.420 e. The van der Waals surface area contributed by atoms with Crippen molar-refractivity contribution in [2.24, 2.45) is 0 Å². The standard InChI is InChI=1S/C13H14N2O2/c1-3-9-4-6-10(7-5-9)11-12(8(2)16)17-13(14)15-11/h4-7H,3H2,1-2H3,(H2,14,15). The first kappa shape index (κ1) is 11.4. The molecule has 2 N–H and O–H groups in total. The van der Waals surface area contributed by atoms with Crippen LogP contribution in [0.15, 0.2) is 28.7 Å². The predicted molar refractivity (Wildman–Crippen MR) is 65.7 cm³/mol. The summed E-state index contributed by atoms with van der Waals surface area (Å²) >= 11 is 0. The van der Waals surface area contributed by atoms with Gasteiger partial charge in [-0.05, 0) is 12.0 Å². The van der Waals surface area contributed by atoms with E-state index in [0.717, 1.165) is 12.0 Å². The van der Waals surface area contributed by atoms with E-state index in [2.05, 4.69) is 11.9 Å². The van der Waals surface area contributed by atoms with Crippen LogP contribution in [-0.2, 0) is 6.42 Å². The molecule has 1 heterocycles. The van der Waals surface area contributed by atoms with Gasteiger partial charge in [0.25, 0.3) is 6.01 Å². The lowest BCUT2D eigenvalue weighted by molar-refractivity contribution is 0.0989. The molecule has 2 aromatic rings. The fourth-order valence-electron chi connectivity index (χ4n) is 1.67. The van der Waals surface area contributed by atoms with E-state index in [9.17, 15) is 4.79 Å². The Bertz CT molecular complexity index is 541. The van der Waals surface area contributed by atoms with Gasteiger partial charge in [-0.25, -0.2) is 0 Å². The molecule has 0 aliphatic heterocycles. The first-order chi connectivity index (χ1) is 8.11. The molecule has 88 valence electrons. The zero-order valence-corrected chi connectivity index (χ0v) is 9.86. The molecule has 0 atom stereocenters. The summed E-state index contributed by atoms with van der Waals surface area (Å²) in [5.41, 5.74) is 8.06. The van der Waals surface area contributed by atoms with E-state index in [4.69, 9.17) is 10.2 Å². The number of carbonyl (C=O) groups is 1. The minimum absolute atomic E-state index is 0.0183. The first-order valence-corrected chi connectivity index (χ1v) is 5.48. The number of nitrogen functional groups attached to an aromatic ring is 1. The van der Waals surface area contributed by atoms with Crippen LogP contribution in [0.25, 0.3) is 11.3 Å². The predicted octanol–water partition coefficient (Wildman–Crippen LogP) is 2.69. The number of nitrogens with zero attached hydrogens (tertiary/aromatic N) is 1. The summed E-state index contributed by atoms with van der Waals surface area (Å²) in [6.45, 7) is 3.52. The van der Waals surface area contributed by atoms with Crippen LogP contribution < -0.4 is 5.73 Å². The minimum atomic E-state index is -0.177. The maximum atomic E-state index is 11.4. The summed E-state index contributed by atoms with van der Waals surface area (Å²) in [5.74, 6) is 0.0375. The molecule has 0 bridgehead atoms. The number of ketones is 1. The van der Waals surface area contributed by atoms with Crippen molar-refractivity contribution in [3.8, 4) is 11.3 Å². The number of aromatic nitrogens is 1. The fraction of sp³-hybridized carbons (Fsp3) is 0.231. The maximum Gasteiger partial charge on any atom is 0.293 e. The molecule has 0 unspecified atom stereocenters. The third-order valence-corrected chi connectivity index (χ3v) is 2.60. The molecule has 0 fully saturated rings. The quantitative estimate of drug-likeness (QED) is 0.823. The molecule has 0 saturated heterocycles. The van der Waals surface area contributed by atoms with Crippen LogP contribution in [0.2, 0.25) is 0 Å². The van der Waals surface area contributed by atoms with Crippen LogP contribution >= 0.6 is 0 Å². The van der Waals surface area contributed by atoms with Gasteiger partial charge < -0.3 is 10.2 Å². The van der Waals surface area contributed by atoms with Gasteiger partial charge in [-0.2, -0.15) is 4.98 Å². The smallest absolute Gasteiger partial charge is 0.293 e. The topological polar surface area (TPSA) is 69.1 Å². The SMILES string of the molecule is CCc1ccc(-c2nc(N)oc2C(C)=O)cc1. The molecule has 1 aromatic heterocycles. The summed E-state index contributed by atoms with van der Waals surface area (Å²) in [7, 11) is 0. The monoisotopic (exact) mass is 230 g/mol. The number of Topliss-reactive ketones (excluding diaryl/α,β-unsaturated/α-hetero) is 1. The third kappa shape index (κ3) is 2.20. The van der Waals surface area contributed by atoms with Crippen molar-refractivity contribution in [2.75, 3.05) is 5.73 Å². The molecular formula is C13H14N2O2. The number of benzene rings is 1. The summed E-state index contributed by atoms with van der Waals surface area (Å²) in [6.07, 6.45) is 0.973. The van der Waals surface area contributed by atoms with E-state index in [1.54, 1.807) is 0 Å². The minimum Gasteiger partial charge on any atom is -0.420 e. The van der Waals surface area contributed by atoms with E-state index in [-0.39, 0.29) is 17.6 Å². The average Bonchev–Trinajstić information content (AvgIpc) is 2.72. The molecule has 0 amide bonds.